The molecule has 30 heavy (non-hydrogen) atoms. The molecule has 0 atom stereocenters. The molecule has 0 unspecified atom stereocenters. The standard InChI is InChI=1S/C21H21N7O2/c29-18(30)16-10-8-15(9-11-16)14-22-27-20-24-19(23-17-6-2-1-3-7-17)25-21(26-20)28-12-4-5-13-28/h1-3,6-11,14H,4-5,12-13H2,(H,29,30)(H2,23,24,25,26,27)/b22-14+. The molecule has 0 amide bonds. The molecule has 4 rings (SSSR count). The first kappa shape index (κ1) is 19.3. The molecule has 3 aromatic rings. The number of rotatable bonds is 7. The first-order valence-corrected chi connectivity index (χ1v) is 9.63. The van der Waals surface area contributed by atoms with Gasteiger partial charge in [-0.15, -0.1) is 0 Å². The van der Waals surface area contributed by atoms with E-state index in [-0.39, 0.29) is 5.56 Å². The summed E-state index contributed by atoms with van der Waals surface area (Å²) < 4.78 is 0. The molecule has 152 valence electrons. The number of carbonyl (C=O) groups is 1. The molecule has 1 saturated heterocycles. The maximum atomic E-state index is 10.9. The van der Waals surface area contributed by atoms with Crippen LogP contribution in [0.3, 0.4) is 0 Å². The minimum atomic E-state index is -0.963. The van der Waals surface area contributed by atoms with Gasteiger partial charge in [-0.3, -0.25) is 0 Å². The predicted octanol–water partition coefficient (Wildman–Crippen LogP) is 3.36. The molecule has 9 heteroatoms. The van der Waals surface area contributed by atoms with Gasteiger partial charge in [0, 0.05) is 18.8 Å². The normalized spacial score (nSPS) is 13.5. The fourth-order valence-electron chi connectivity index (χ4n) is 3.06. The largest absolute Gasteiger partial charge is 0.478 e. The summed E-state index contributed by atoms with van der Waals surface area (Å²) in [6, 6.07) is 16.1. The lowest BCUT2D eigenvalue weighted by molar-refractivity contribution is 0.0697. The topological polar surface area (TPSA) is 116 Å². The number of hydrazone groups is 1. The Morgan fingerprint density at radius 2 is 1.67 bits per heavy atom. The molecule has 0 radical (unpaired) electrons. The number of aromatic nitrogens is 3. The van der Waals surface area contributed by atoms with Crippen molar-refractivity contribution in [2.45, 2.75) is 12.8 Å². The van der Waals surface area contributed by atoms with E-state index in [2.05, 4.69) is 35.7 Å². The smallest absolute Gasteiger partial charge is 0.335 e. The maximum Gasteiger partial charge on any atom is 0.335 e. The van der Waals surface area contributed by atoms with Crippen LogP contribution in [0.4, 0.5) is 23.5 Å². The minimum Gasteiger partial charge on any atom is -0.478 e. The molecule has 9 nitrogen and oxygen atoms in total. The highest BCUT2D eigenvalue weighted by molar-refractivity contribution is 5.89. The second-order valence-electron chi connectivity index (χ2n) is 6.76. The van der Waals surface area contributed by atoms with E-state index in [1.54, 1.807) is 18.3 Å². The third kappa shape index (κ3) is 4.88. The van der Waals surface area contributed by atoms with Crippen molar-refractivity contribution in [3.05, 3.63) is 65.7 Å². The molecule has 2 aromatic carbocycles. The lowest BCUT2D eigenvalue weighted by atomic mass is 10.1. The van der Waals surface area contributed by atoms with Gasteiger partial charge >= 0.3 is 5.97 Å². The minimum absolute atomic E-state index is 0.226. The van der Waals surface area contributed by atoms with Crippen LogP contribution in [0.5, 0.6) is 0 Å². The zero-order valence-corrected chi connectivity index (χ0v) is 16.2. The van der Waals surface area contributed by atoms with Crippen LogP contribution in [0.1, 0.15) is 28.8 Å². The molecule has 1 aliphatic heterocycles. The number of para-hydroxylation sites is 1. The Balaban J connectivity index is 1.52. The number of benzene rings is 2. The second kappa shape index (κ2) is 8.99. The highest BCUT2D eigenvalue weighted by Crippen LogP contribution is 2.20. The molecule has 2 heterocycles. The number of nitrogens with zero attached hydrogens (tertiary/aromatic N) is 5. The highest BCUT2D eigenvalue weighted by atomic mass is 16.4. The van der Waals surface area contributed by atoms with Crippen molar-refractivity contribution >= 4 is 35.7 Å². The van der Waals surface area contributed by atoms with E-state index >= 15 is 0 Å². The zero-order valence-electron chi connectivity index (χ0n) is 16.2. The molecule has 0 aliphatic carbocycles. The Hall–Kier alpha value is -4.01. The van der Waals surface area contributed by atoms with Gasteiger partial charge in [-0.05, 0) is 42.7 Å². The molecule has 1 aliphatic rings. The van der Waals surface area contributed by atoms with Crippen LogP contribution >= 0.6 is 0 Å². The van der Waals surface area contributed by atoms with Crippen molar-refractivity contribution in [1.82, 2.24) is 15.0 Å². The summed E-state index contributed by atoms with van der Waals surface area (Å²) in [7, 11) is 0. The SMILES string of the molecule is O=C(O)c1ccc(/C=N/Nc2nc(Nc3ccccc3)nc(N3CCCC3)n2)cc1. The summed E-state index contributed by atoms with van der Waals surface area (Å²) in [5.74, 6) is 0.393. The molecule has 0 saturated carbocycles. The number of aromatic carboxylic acids is 1. The van der Waals surface area contributed by atoms with E-state index in [1.807, 2.05) is 30.3 Å². The lowest BCUT2D eigenvalue weighted by Gasteiger charge is -2.16. The number of anilines is 4. The van der Waals surface area contributed by atoms with E-state index in [9.17, 15) is 4.79 Å². The van der Waals surface area contributed by atoms with Crippen LogP contribution < -0.4 is 15.6 Å². The summed E-state index contributed by atoms with van der Waals surface area (Å²) in [6.07, 6.45) is 3.80. The molecule has 0 spiro atoms. The third-order valence-electron chi connectivity index (χ3n) is 4.58. The van der Waals surface area contributed by atoms with Crippen LogP contribution in [-0.2, 0) is 0 Å². The third-order valence-corrected chi connectivity index (χ3v) is 4.58. The molecule has 1 aromatic heterocycles. The molecule has 1 fully saturated rings. The first-order valence-electron chi connectivity index (χ1n) is 9.63. The Morgan fingerprint density at radius 3 is 2.37 bits per heavy atom. The Bertz CT molecular complexity index is 1030. The van der Waals surface area contributed by atoms with Gasteiger partial charge in [-0.1, -0.05) is 30.3 Å². The summed E-state index contributed by atoms with van der Waals surface area (Å²) in [6.45, 7) is 1.82. The molecular formula is C21H21N7O2. The van der Waals surface area contributed by atoms with Crippen molar-refractivity contribution in [2.24, 2.45) is 5.10 Å². The van der Waals surface area contributed by atoms with Crippen molar-refractivity contribution in [2.75, 3.05) is 28.7 Å². The van der Waals surface area contributed by atoms with Crippen LogP contribution in [0, 0.1) is 0 Å². The van der Waals surface area contributed by atoms with E-state index in [1.165, 1.54) is 12.1 Å². The van der Waals surface area contributed by atoms with Crippen LogP contribution in [0.2, 0.25) is 0 Å². The van der Waals surface area contributed by atoms with Crippen molar-refractivity contribution in [1.29, 1.82) is 0 Å². The van der Waals surface area contributed by atoms with E-state index in [0.717, 1.165) is 37.2 Å². The van der Waals surface area contributed by atoms with Crippen molar-refractivity contribution in [3.8, 4) is 0 Å². The first-order chi connectivity index (χ1) is 14.7. The Morgan fingerprint density at radius 1 is 0.967 bits per heavy atom. The van der Waals surface area contributed by atoms with Gasteiger partial charge in [-0.25, -0.2) is 10.2 Å². The average molecular weight is 403 g/mol. The van der Waals surface area contributed by atoms with Gasteiger partial charge in [0.1, 0.15) is 0 Å². The van der Waals surface area contributed by atoms with Gasteiger partial charge in [0.05, 0.1) is 11.8 Å². The predicted molar refractivity (Wildman–Crippen MR) is 116 cm³/mol. The summed E-state index contributed by atoms with van der Waals surface area (Å²) in [5.41, 5.74) is 4.70. The highest BCUT2D eigenvalue weighted by Gasteiger charge is 2.17. The molecule has 0 bridgehead atoms. The quantitative estimate of drug-likeness (QED) is 0.406. The number of carboxylic acids is 1. The van der Waals surface area contributed by atoms with Crippen LogP contribution in [0.15, 0.2) is 59.7 Å². The summed E-state index contributed by atoms with van der Waals surface area (Å²) in [5, 5.41) is 16.3. The van der Waals surface area contributed by atoms with Gasteiger partial charge < -0.3 is 15.3 Å². The number of hydrogen-bond donors (Lipinski definition) is 3. The van der Waals surface area contributed by atoms with Gasteiger partial charge in [0.15, 0.2) is 0 Å². The lowest BCUT2D eigenvalue weighted by Crippen LogP contribution is -2.21. The van der Waals surface area contributed by atoms with Crippen LogP contribution in [0.25, 0.3) is 0 Å². The molecular weight excluding hydrogens is 382 g/mol. The summed E-state index contributed by atoms with van der Waals surface area (Å²) >= 11 is 0. The van der Waals surface area contributed by atoms with Gasteiger partial charge in [-0.2, -0.15) is 20.1 Å². The van der Waals surface area contributed by atoms with Crippen molar-refractivity contribution in [3.63, 3.8) is 0 Å². The number of nitrogens with one attached hydrogen (secondary N) is 2. The number of hydrogen-bond acceptors (Lipinski definition) is 8. The number of carboxylic acid groups (broad SMARTS) is 1. The second-order valence-corrected chi connectivity index (χ2v) is 6.76. The van der Waals surface area contributed by atoms with Crippen LogP contribution in [-0.4, -0.2) is 45.3 Å². The Kier molecular flexibility index (Phi) is 5.79. The zero-order chi connectivity index (χ0) is 20.8. The monoisotopic (exact) mass is 403 g/mol. The van der Waals surface area contributed by atoms with Gasteiger partial charge in [0.25, 0.3) is 0 Å². The summed E-state index contributed by atoms with van der Waals surface area (Å²) in [4.78, 5) is 26.5. The fourth-order valence-corrected chi connectivity index (χ4v) is 3.06. The van der Waals surface area contributed by atoms with Crippen molar-refractivity contribution < 1.29 is 9.90 Å². The molecule has 3 N–H and O–H groups in total. The van der Waals surface area contributed by atoms with E-state index in [4.69, 9.17) is 5.11 Å². The van der Waals surface area contributed by atoms with E-state index < -0.39 is 5.97 Å². The maximum absolute atomic E-state index is 10.9. The van der Waals surface area contributed by atoms with Gasteiger partial charge in [0.2, 0.25) is 17.8 Å². The average Bonchev–Trinajstić information content (AvgIpc) is 3.30. The van der Waals surface area contributed by atoms with E-state index in [0.29, 0.717) is 17.8 Å². The fraction of sp³-hybridized carbons (Fsp3) is 0.190. The Labute approximate surface area is 173 Å².